The van der Waals surface area contributed by atoms with Gasteiger partial charge >= 0.3 is 5.97 Å². The Kier molecular flexibility index (Phi) is 4.36. The van der Waals surface area contributed by atoms with Crippen LogP contribution >= 0.6 is 22.6 Å². The summed E-state index contributed by atoms with van der Waals surface area (Å²) in [7, 11) is 0. The van der Waals surface area contributed by atoms with E-state index >= 15 is 0 Å². The van der Waals surface area contributed by atoms with E-state index in [0.29, 0.717) is 12.8 Å². The Morgan fingerprint density at radius 2 is 1.95 bits per heavy atom. The minimum atomic E-state index is -1.14. The third-order valence-corrected chi connectivity index (χ3v) is 4.85. The highest BCUT2D eigenvalue weighted by atomic mass is 127. The summed E-state index contributed by atoms with van der Waals surface area (Å²) >= 11 is 2.00. The van der Waals surface area contributed by atoms with Crippen molar-refractivity contribution < 1.29 is 19.5 Å². The first kappa shape index (κ1) is 15.9. The second-order valence-electron chi connectivity index (χ2n) is 5.17. The summed E-state index contributed by atoms with van der Waals surface area (Å²) in [6.45, 7) is 3.76. The van der Waals surface area contributed by atoms with Crippen molar-refractivity contribution in [1.82, 2.24) is 0 Å². The minimum Gasteiger partial charge on any atom is -0.478 e. The van der Waals surface area contributed by atoms with Crippen molar-refractivity contribution in [2.24, 2.45) is 5.41 Å². The van der Waals surface area contributed by atoms with E-state index in [1.807, 2.05) is 36.4 Å². The van der Waals surface area contributed by atoms with Crippen LogP contribution in [0.15, 0.2) is 18.2 Å². The highest BCUT2D eigenvalue weighted by Gasteiger charge is 2.50. The van der Waals surface area contributed by atoms with Gasteiger partial charge in [0.1, 0.15) is 0 Å². The number of carboxylic acid groups (broad SMARTS) is 1. The Hall–Kier alpha value is -1.44. The molecule has 2 rings (SSSR count). The van der Waals surface area contributed by atoms with Crippen LogP contribution in [-0.2, 0) is 9.59 Å². The molecule has 0 aromatic heterocycles. The summed E-state index contributed by atoms with van der Waals surface area (Å²) in [5, 5.41) is 9.31. The van der Waals surface area contributed by atoms with Gasteiger partial charge in [-0.1, -0.05) is 13.8 Å². The fraction of sp³-hybridized carbons (Fsp3) is 0.400. The number of amides is 2. The maximum absolute atomic E-state index is 12.7. The predicted molar refractivity (Wildman–Crippen MR) is 86.2 cm³/mol. The van der Waals surface area contributed by atoms with Crippen LogP contribution in [0.25, 0.3) is 0 Å². The number of carboxylic acids is 1. The molecule has 6 heteroatoms. The van der Waals surface area contributed by atoms with E-state index in [1.165, 1.54) is 12.1 Å². The van der Waals surface area contributed by atoms with Crippen LogP contribution in [0.2, 0.25) is 0 Å². The zero-order valence-electron chi connectivity index (χ0n) is 11.9. The molecule has 1 aromatic rings. The molecule has 1 aliphatic rings. The van der Waals surface area contributed by atoms with Crippen molar-refractivity contribution in [3.8, 4) is 0 Å². The Balaban J connectivity index is 2.55. The fourth-order valence-corrected chi connectivity index (χ4v) is 3.21. The SMILES string of the molecule is CCC1(CC)CC(=O)N(c2ccc(I)cc2C(=O)O)C1=O. The molecule has 1 aromatic carbocycles. The van der Waals surface area contributed by atoms with Crippen LogP contribution in [0.1, 0.15) is 43.5 Å². The number of carbonyl (C=O) groups is 3. The average molecular weight is 401 g/mol. The van der Waals surface area contributed by atoms with Gasteiger partial charge in [0.05, 0.1) is 16.7 Å². The van der Waals surface area contributed by atoms with Gasteiger partial charge in [-0.05, 0) is 53.6 Å². The third-order valence-electron chi connectivity index (χ3n) is 4.18. The number of carbonyl (C=O) groups excluding carboxylic acids is 2. The summed E-state index contributed by atoms with van der Waals surface area (Å²) in [6.07, 6.45) is 1.28. The Morgan fingerprint density at radius 1 is 1.33 bits per heavy atom. The molecule has 0 saturated carbocycles. The zero-order chi connectivity index (χ0) is 15.8. The molecule has 1 fully saturated rings. The lowest BCUT2D eigenvalue weighted by molar-refractivity contribution is -0.126. The molecule has 1 aliphatic heterocycles. The molecule has 0 spiro atoms. The van der Waals surface area contributed by atoms with E-state index < -0.39 is 11.4 Å². The summed E-state index contributed by atoms with van der Waals surface area (Å²) in [6, 6.07) is 4.69. The van der Waals surface area contributed by atoms with Crippen molar-refractivity contribution >= 4 is 46.1 Å². The fourth-order valence-electron chi connectivity index (χ4n) is 2.72. The highest BCUT2D eigenvalue weighted by Crippen LogP contribution is 2.42. The smallest absolute Gasteiger partial charge is 0.337 e. The van der Waals surface area contributed by atoms with Crippen molar-refractivity contribution in [3.05, 3.63) is 27.3 Å². The molecule has 1 saturated heterocycles. The van der Waals surface area contributed by atoms with Gasteiger partial charge in [0.15, 0.2) is 0 Å². The molecule has 112 valence electrons. The van der Waals surface area contributed by atoms with Gasteiger partial charge in [-0.3, -0.25) is 9.59 Å². The van der Waals surface area contributed by atoms with E-state index in [-0.39, 0.29) is 29.5 Å². The second kappa shape index (κ2) is 5.75. The number of nitrogens with zero attached hydrogens (tertiary/aromatic N) is 1. The lowest BCUT2D eigenvalue weighted by atomic mass is 9.81. The molecule has 2 amide bonds. The van der Waals surface area contributed by atoms with Gasteiger partial charge in [0, 0.05) is 9.99 Å². The zero-order valence-corrected chi connectivity index (χ0v) is 14.0. The van der Waals surface area contributed by atoms with E-state index in [9.17, 15) is 19.5 Å². The second-order valence-corrected chi connectivity index (χ2v) is 6.41. The Morgan fingerprint density at radius 3 is 2.43 bits per heavy atom. The van der Waals surface area contributed by atoms with Crippen LogP contribution in [0, 0.1) is 8.99 Å². The first-order chi connectivity index (χ1) is 9.86. The van der Waals surface area contributed by atoms with Crippen LogP contribution in [0.5, 0.6) is 0 Å². The first-order valence-electron chi connectivity index (χ1n) is 6.76. The molecular weight excluding hydrogens is 385 g/mol. The average Bonchev–Trinajstić information content (AvgIpc) is 2.70. The van der Waals surface area contributed by atoms with E-state index in [0.717, 1.165) is 8.47 Å². The molecule has 21 heavy (non-hydrogen) atoms. The number of halogens is 1. The predicted octanol–water partition coefficient (Wildman–Crippen LogP) is 3.06. The maximum atomic E-state index is 12.7. The quantitative estimate of drug-likeness (QED) is 0.622. The molecule has 0 aliphatic carbocycles. The van der Waals surface area contributed by atoms with Gasteiger partial charge < -0.3 is 5.11 Å². The largest absolute Gasteiger partial charge is 0.478 e. The molecule has 1 N–H and O–H groups in total. The molecule has 0 unspecified atom stereocenters. The summed E-state index contributed by atoms with van der Waals surface area (Å²) in [5.41, 5.74) is -0.552. The summed E-state index contributed by atoms with van der Waals surface area (Å²) < 4.78 is 0.741. The monoisotopic (exact) mass is 401 g/mol. The standard InChI is InChI=1S/C15H16INO4/c1-3-15(4-2)8-12(18)17(14(15)21)11-6-5-9(16)7-10(11)13(19)20/h5-7H,3-4,8H2,1-2H3,(H,19,20). The minimum absolute atomic E-state index is 0.0217. The van der Waals surface area contributed by atoms with E-state index in [2.05, 4.69) is 0 Å². The number of imide groups is 1. The number of benzene rings is 1. The van der Waals surface area contributed by atoms with Crippen LogP contribution < -0.4 is 4.90 Å². The lowest BCUT2D eigenvalue weighted by Gasteiger charge is -2.24. The molecule has 0 bridgehead atoms. The number of rotatable bonds is 4. The highest BCUT2D eigenvalue weighted by molar-refractivity contribution is 14.1. The normalized spacial score (nSPS) is 17.4. The number of anilines is 1. The summed E-state index contributed by atoms with van der Waals surface area (Å²) in [5.74, 6) is -1.76. The molecule has 5 nitrogen and oxygen atoms in total. The van der Waals surface area contributed by atoms with Gasteiger partial charge in [0.2, 0.25) is 11.8 Å². The van der Waals surface area contributed by atoms with Crippen LogP contribution in [0.3, 0.4) is 0 Å². The lowest BCUT2D eigenvalue weighted by Crippen LogP contribution is -2.36. The number of hydrogen-bond acceptors (Lipinski definition) is 3. The van der Waals surface area contributed by atoms with Crippen molar-refractivity contribution in [2.75, 3.05) is 4.90 Å². The summed E-state index contributed by atoms with van der Waals surface area (Å²) in [4.78, 5) is 37.4. The third kappa shape index (κ3) is 2.56. The Bertz CT molecular complexity index is 622. The maximum Gasteiger partial charge on any atom is 0.337 e. The van der Waals surface area contributed by atoms with Gasteiger partial charge in [-0.2, -0.15) is 0 Å². The number of aromatic carboxylic acids is 1. The molecule has 0 radical (unpaired) electrons. The molecule has 1 heterocycles. The number of hydrogen-bond donors (Lipinski definition) is 1. The van der Waals surface area contributed by atoms with Crippen molar-refractivity contribution in [2.45, 2.75) is 33.1 Å². The van der Waals surface area contributed by atoms with Gasteiger partial charge in [0.25, 0.3) is 0 Å². The topological polar surface area (TPSA) is 74.7 Å². The van der Waals surface area contributed by atoms with E-state index in [1.54, 1.807) is 6.07 Å². The first-order valence-corrected chi connectivity index (χ1v) is 7.84. The van der Waals surface area contributed by atoms with Gasteiger partial charge in [-0.25, -0.2) is 9.69 Å². The Labute approximate surface area is 136 Å². The van der Waals surface area contributed by atoms with Crippen molar-refractivity contribution in [1.29, 1.82) is 0 Å². The van der Waals surface area contributed by atoms with Crippen molar-refractivity contribution in [3.63, 3.8) is 0 Å². The molecule has 0 atom stereocenters. The van der Waals surface area contributed by atoms with Crippen LogP contribution in [0.4, 0.5) is 5.69 Å². The molecular formula is C15H16INO4. The van der Waals surface area contributed by atoms with Crippen LogP contribution in [-0.4, -0.2) is 22.9 Å². The van der Waals surface area contributed by atoms with E-state index in [4.69, 9.17) is 0 Å². The van der Waals surface area contributed by atoms with Gasteiger partial charge in [-0.15, -0.1) is 0 Å².